The molecule has 0 bridgehead atoms. The molecule has 0 aromatic heterocycles. The van der Waals surface area contributed by atoms with Crippen molar-refractivity contribution in [2.24, 2.45) is 17.6 Å². The van der Waals surface area contributed by atoms with Gasteiger partial charge in [-0.15, -0.1) is 0 Å². The van der Waals surface area contributed by atoms with Crippen LogP contribution >= 0.6 is 0 Å². The highest BCUT2D eigenvalue weighted by Gasteiger charge is 2.49. The molecule has 2 aliphatic rings. The van der Waals surface area contributed by atoms with Crippen LogP contribution in [0.25, 0.3) is 0 Å². The van der Waals surface area contributed by atoms with E-state index in [1.807, 2.05) is 0 Å². The smallest absolute Gasteiger partial charge is 0.329 e. The van der Waals surface area contributed by atoms with E-state index >= 15 is 0 Å². The number of halogens is 3. The Labute approximate surface area is 126 Å². The minimum Gasteiger partial charge on any atom is -0.329 e. The number of likely N-dealkylation sites (tertiary alicyclic amines) is 1. The molecular weight excluding hydrogens is 277 g/mol. The zero-order valence-corrected chi connectivity index (χ0v) is 13.1. The molecule has 0 amide bonds. The Kier molecular flexibility index (Phi) is 5.58. The molecule has 3 atom stereocenters. The Morgan fingerprint density at radius 1 is 1.14 bits per heavy atom. The summed E-state index contributed by atoms with van der Waals surface area (Å²) in [4.78, 5) is 2.31. The molecule has 0 aromatic carbocycles. The molecule has 3 unspecified atom stereocenters. The molecule has 1 saturated carbocycles. The zero-order valence-electron chi connectivity index (χ0n) is 13.1. The van der Waals surface area contributed by atoms with Crippen molar-refractivity contribution < 1.29 is 13.2 Å². The van der Waals surface area contributed by atoms with Crippen LogP contribution in [0.5, 0.6) is 0 Å². The SMILES string of the molecule is CCC1CCCN(C2(CN)CCCC(C(F)(F)F)C2)CC1. The molecule has 0 spiro atoms. The van der Waals surface area contributed by atoms with Crippen LogP contribution in [0.3, 0.4) is 0 Å². The molecule has 21 heavy (non-hydrogen) atoms. The highest BCUT2D eigenvalue weighted by molar-refractivity contribution is 4.98. The summed E-state index contributed by atoms with van der Waals surface area (Å²) >= 11 is 0. The van der Waals surface area contributed by atoms with Crippen LogP contribution in [0.15, 0.2) is 0 Å². The molecule has 2 nitrogen and oxygen atoms in total. The highest BCUT2D eigenvalue weighted by atomic mass is 19.4. The molecule has 2 N–H and O–H groups in total. The second kappa shape index (κ2) is 6.86. The maximum atomic E-state index is 13.1. The van der Waals surface area contributed by atoms with Crippen LogP contribution in [0.4, 0.5) is 13.2 Å². The standard InChI is InChI=1S/C16H29F3N2/c1-2-13-5-4-9-21(10-7-13)15(12-20)8-3-6-14(11-15)16(17,18)19/h13-14H,2-12,20H2,1H3. The first-order chi connectivity index (χ1) is 9.91. The summed E-state index contributed by atoms with van der Waals surface area (Å²) in [6.45, 7) is 4.40. The Hall–Kier alpha value is -0.290. The van der Waals surface area contributed by atoms with E-state index in [-0.39, 0.29) is 12.8 Å². The third-order valence-corrected chi connectivity index (χ3v) is 5.76. The monoisotopic (exact) mass is 306 g/mol. The Balaban J connectivity index is 2.09. The first-order valence-electron chi connectivity index (χ1n) is 8.43. The fraction of sp³-hybridized carbons (Fsp3) is 1.00. The van der Waals surface area contributed by atoms with Gasteiger partial charge in [0.05, 0.1) is 5.92 Å². The largest absolute Gasteiger partial charge is 0.391 e. The van der Waals surface area contributed by atoms with Gasteiger partial charge in [0.2, 0.25) is 0 Å². The Morgan fingerprint density at radius 3 is 2.52 bits per heavy atom. The van der Waals surface area contributed by atoms with E-state index in [1.54, 1.807) is 0 Å². The van der Waals surface area contributed by atoms with Crippen LogP contribution in [-0.4, -0.2) is 36.2 Å². The third-order valence-electron chi connectivity index (χ3n) is 5.76. The van der Waals surface area contributed by atoms with E-state index in [1.165, 1.54) is 12.8 Å². The summed E-state index contributed by atoms with van der Waals surface area (Å²) in [6, 6.07) is 0. The first kappa shape index (κ1) is 17.1. The summed E-state index contributed by atoms with van der Waals surface area (Å²) in [6.07, 6.45) is 2.46. The molecule has 5 heteroatoms. The summed E-state index contributed by atoms with van der Waals surface area (Å²) in [7, 11) is 0. The fourth-order valence-electron chi connectivity index (χ4n) is 4.27. The number of nitrogens with two attached hydrogens (primary N) is 1. The van der Waals surface area contributed by atoms with Gasteiger partial charge >= 0.3 is 6.18 Å². The van der Waals surface area contributed by atoms with Gasteiger partial charge in [-0.25, -0.2) is 0 Å². The normalized spacial score (nSPS) is 36.4. The predicted octanol–water partition coefficient (Wildman–Crippen LogP) is 3.95. The van der Waals surface area contributed by atoms with Gasteiger partial charge in [0.1, 0.15) is 0 Å². The average molecular weight is 306 g/mol. The van der Waals surface area contributed by atoms with E-state index in [2.05, 4.69) is 11.8 Å². The van der Waals surface area contributed by atoms with Crippen LogP contribution in [0.2, 0.25) is 0 Å². The van der Waals surface area contributed by atoms with Crippen LogP contribution < -0.4 is 5.73 Å². The number of hydrogen-bond acceptors (Lipinski definition) is 2. The van der Waals surface area contributed by atoms with Gasteiger partial charge in [-0.2, -0.15) is 13.2 Å². The lowest BCUT2D eigenvalue weighted by atomic mass is 9.74. The summed E-state index contributed by atoms with van der Waals surface area (Å²) in [5.74, 6) is -0.438. The molecule has 1 saturated heterocycles. The molecule has 124 valence electrons. The van der Waals surface area contributed by atoms with Crippen molar-refractivity contribution in [1.82, 2.24) is 4.90 Å². The quantitative estimate of drug-likeness (QED) is 0.855. The van der Waals surface area contributed by atoms with Gasteiger partial charge in [0.15, 0.2) is 0 Å². The number of rotatable bonds is 3. The summed E-state index contributed by atoms with van der Waals surface area (Å²) in [5.41, 5.74) is 5.57. The predicted molar refractivity (Wildman–Crippen MR) is 79.0 cm³/mol. The highest BCUT2D eigenvalue weighted by Crippen LogP contribution is 2.44. The Bertz CT molecular complexity index is 332. The number of hydrogen-bond donors (Lipinski definition) is 1. The summed E-state index contributed by atoms with van der Waals surface area (Å²) < 4.78 is 39.4. The zero-order chi connectivity index (χ0) is 15.5. The average Bonchev–Trinajstić information content (AvgIpc) is 2.72. The van der Waals surface area contributed by atoms with Crippen molar-refractivity contribution in [2.75, 3.05) is 19.6 Å². The molecule has 0 aromatic rings. The molecule has 1 aliphatic heterocycles. The van der Waals surface area contributed by atoms with Crippen molar-refractivity contribution >= 4 is 0 Å². The summed E-state index contributed by atoms with van der Waals surface area (Å²) in [5, 5.41) is 0. The molecule has 1 heterocycles. The topological polar surface area (TPSA) is 29.3 Å². The van der Waals surface area contributed by atoms with E-state index in [4.69, 9.17) is 5.73 Å². The minimum absolute atomic E-state index is 0.198. The van der Waals surface area contributed by atoms with Crippen LogP contribution in [0, 0.1) is 11.8 Å². The minimum atomic E-state index is -4.07. The van der Waals surface area contributed by atoms with Gasteiger partial charge in [-0.05, 0) is 57.5 Å². The van der Waals surface area contributed by atoms with E-state index in [0.717, 1.165) is 38.3 Å². The molecule has 0 radical (unpaired) electrons. The third kappa shape index (κ3) is 3.92. The molecule has 1 aliphatic carbocycles. The van der Waals surface area contributed by atoms with Gasteiger partial charge in [-0.3, -0.25) is 4.90 Å². The van der Waals surface area contributed by atoms with Crippen molar-refractivity contribution in [3.05, 3.63) is 0 Å². The second-order valence-electron chi connectivity index (χ2n) is 6.96. The van der Waals surface area contributed by atoms with Crippen molar-refractivity contribution in [1.29, 1.82) is 0 Å². The fourth-order valence-corrected chi connectivity index (χ4v) is 4.27. The molecule has 2 fully saturated rings. The number of alkyl halides is 3. The molecular formula is C16H29F3N2. The van der Waals surface area contributed by atoms with E-state index in [9.17, 15) is 13.2 Å². The maximum absolute atomic E-state index is 13.1. The van der Waals surface area contributed by atoms with Crippen LogP contribution in [0.1, 0.15) is 58.3 Å². The second-order valence-corrected chi connectivity index (χ2v) is 6.96. The maximum Gasteiger partial charge on any atom is 0.391 e. The van der Waals surface area contributed by atoms with Crippen LogP contribution in [-0.2, 0) is 0 Å². The van der Waals surface area contributed by atoms with Gasteiger partial charge < -0.3 is 5.73 Å². The number of nitrogens with zero attached hydrogens (tertiary/aromatic N) is 1. The lowest BCUT2D eigenvalue weighted by molar-refractivity contribution is -0.193. The Morgan fingerprint density at radius 2 is 1.90 bits per heavy atom. The first-order valence-corrected chi connectivity index (χ1v) is 8.43. The lowest BCUT2D eigenvalue weighted by Crippen LogP contribution is -2.57. The van der Waals surface area contributed by atoms with Gasteiger partial charge in [0.25, 0.3) is 0 Å². The van der Waals surface area contributed by atoms with Crippen molar-refractivity contribution in [3.8, 4) is 0 Å². The lowest BCUT2D eigenvalue weighted by Gasteiger charge is -2.48. The van der Waals surface area contributed by atoms with Crippen molar-refractivity contribution in [3.63, 3.8) is 0 Å². The van der Waals surface area contributed by atoms with Crippen molar-refractivity contribution in [2.45, 2.75) is 70.0 Å². The van der Waals surface area contributed by atoms with Gasteiger partial charge in [-0.1, -0.05) is 19.8 Å². The molecule has 2 rings (SSSR count). The van der Waals surface area contributed by atoms with E-state index < -0.39 is 17.6 Å². The van der Waals surface area contributed by atoms with E-state index in [0.29, 0.717) is 13.0 Å². The van der Waals surface area contributed by atoms with Gasteiger partial charge in [0, 0.05) is 12.1 Å².